The van der Waals surface area contributed by atoms with Crippen LogP contribution < -0.4 is 0 Å². The monoisotopic (exact) mass is 334 g/mol. The lowest BCUT2D eigenvalue weighted by molar-refractivity contribution is -0.125. The fraction of sp³-hybridized carbons (Fsp3) is 0.750. The van der Waals surface area contributed by atoms with E-state index in [2.05, 4.69) is 0 Å². The Morgan fingerprint density at radius 1 is 0.542 bits per heavy atom. The van der Waals surface area contributed by atoms with Crippen molar-refractivity contribution in [2.24, 2.45) is 0 Å². The molecular formula is C16H22N4O4. The van der Waals surface area contributed by atoms with Crippen LogP contribution in [0.5, 0.6) is 0 Å². The Hall–Kier alpha value is -2.20. The second-order valence-electron chi connectivity index (χ2n) is 4.60. The van der Waals surface area contributed by atoms with Crippen molar-refractivity contribution < 1.29 is 18.9 Å². The molecule has 0 N–H and O–H groups in total. The van der Waals surface area contributed by atoms with Gasteiger partial charge in [0.15, 0.2) is 0 Å². The van der Waals surface area contributed by atoms with Crippen LogP contribution in [0, 0.1) is 45.3 Å². The van der Waals surface area contributed by atoms with E-state index in [1.807, 2.05) is 24.3 Å². The number of rotatable bonds is 15. The first-order valence-corrected chi connectivity index (χ1v) is 7.66. The predicted molar refractivity (Wildman–Crippen MR) is 82.0 cm³/mol. The highest BCUT2D eigenvalue weighted by Gasteiger charge is 2.24. The van der Waals surface area contributed by atoms with Crippen molar-refractivity contribution in [3.8, 4) is 24.3 Å². The zero-order chi connectivity index (χ0) is 17.9. The molecule has 0 unspecified atom stereocenters. The zero-order valence-corrected chi connectivity index (χ0v) is 13.6. The van der Waals surface area contributed by atoms with Gasteiger partial charge in [-0.15, -0.1) is 0 Å². The molecule has 130 valence electrons. The van der Waals surface area contributed by atoms with Crippen LogP contribution in [0.1, 0.15) is 25.7 Å². The van der Waals surface area contributed by atoms with Gasteiger partial charge < -0.3 is 18.9 Å². The molecule has 0 amide bonds. The van der Waals surface area contributed by atoms with E-state index in [1.165, 1.54) is 0 Å². The van der Waals surface area contributed by atoms with Crippen LogP contribution in [0.2, 0.25) is 0 Å². The van der Waals surface area contributed by atoms with Crippen LogP contribution in [0.4, 0.5) is 0 Å². The molecule has 0 saturated heterocycles. The lowest BCUT2D eigenvalue weighted by Gasteiger charge is -2.27. The molecule has 0 aliphatic carbocycles. The Morgan fingerprint density at radius 3 is 1.21 bits per heavy atom. The van der Waals surface area contributed by atoms with Crippen molar-refractivity contribution in [3.05, 3.63) is 0 Å². The molecule has 0 aliphatic rings. The van der Waals surface area contributed by atoms with Gasteiger partial charge in [0.25, 0.3) is 0 Å². The minimum atomic E-state index is -0.488. The van der Waals surface area contributed by atoms with Gasteiger partial charge >= 0.3 is 0 Å². The van der Waals surface area contributed by atoms with Crippen LogP contribution in [0.3, 0.4) is 0 Å². The van der Waals surface area contributed by atoms with Gasteiger partial charge in [-0.05, 0) is 0 Å². The third kappa shape index (κ3) is 12.4. The Bertz CT molecular complexity index is 428. The fourth-order valence-corrected chi connectivity index (χ4v) is 1.67. The molecule has 0 bridgehead atoms. The Balaban J connectivity index is 4.59. The second kappa shape index (κ2) is 17.2. The smallest absolute Gasteiger partial charge is 0.109 e. The maximum absolute atomic E-state index is 8.62. The van der Waals surface area contributed by atoms with Crippen LogP contribution >= 0.6 is 0 Å². The number of ether oxygens (including phenoxy) is 4. The first-order valence-electron chi connectivity index (χ1n) is 7.66. The molecule has 0 aromatic heterocycles. The Labute approximate surface area is 142 Å². The van der Waals surface area contributed by atoms with Gasteiger partial charge in [0.1, 0.15) is 12.2 Å². The van der Waals surface area contributed by atoms with E-state index in [4.69, 9.17) is 40.0 Å². The van der Waals surface area contributed by atoms with Crippen molar-refractivity contribution in [3.63, 3.8) is 0 Å². The Morgan fingerprint density at radius 2 is 0.875 bits per heavy atom. The highest BCUT2D eigenvalue weighted by atomic mass is 16.6. The van der Waals surface area contributed by atoms with Crippen LogP contribution in [0.15, 0.2) is 0 Å². The third-order valence-electron chi connectivity index (χ3n) is 2.79. The van der Waals surface area contributed by atoms with Crippen molar-refractivity contribution >= 4 is 0 Å². The average Bonchev–Trinajstić information content (AvgIpc) is 2.59. The highest BCUT2D eigenvalue weighted by Crippen LogP contribution is 2.09. The number of hydrogen-bond donors (Lipinski definition) is 0. The van der Waals surface area contributed by atoms with Gasteiger partial charge in [-0.3, -0.25) is 0 Å². The number of nitrogens with zero attached hydrogens (tertiary/aromatic N) is 4. The summed E-state index contributed by atoms with van der Waals surface area (Å²) in [6, 6.07) is 7.94. The lowest BCUT2D eigenvalue weighted by Crippen LogP contribution is -2.39. The van der Waals surface area contributed by atoms with E-state index >= 15 is 0 Å². The van der Waals surface area contributed by atoms with Crippen LogP contribution in [0.25, 0.3) is 0 Å². The van der Waals surface area contributed by atoms with Gasteiger partial charge in [-0.2, -0.15) is 21.0 Å². The van der Waals surface area contributed by atoms with Gasteiger partial charge in [0, 0.05) is 0 Å². The van der Waals surface area contributed by atoms with Gasteiger partial charge in [-0.1, -0.05) is 0 Å². The second-order valence-corrected chi connectivity index (χ2v) is 4.60. The molecule has 0 aliphatic heterocycles. The predicted octanol–water partition coefficient (Wildman–Crippen LogP) is 1.44. The zero-order valence-electron chi connectivity index (χ0n) is 13.6. The summed E-state index contributed by atoms with van der Waals surface area (Å²) in [7, 11) is 0. The molecule has 0 aromatic carbocycles. The molecule has 0 aromatic rings. The topological polar surface area (TPSA) is 132 Å². The summed E-state index contributed by atoms with van der Waals surface area (Å²) in [4.78, 5) is 0. The minimum Gasteiger partial charge on any atom is -0.378 e. The molecule has 2 atom stereocenters. The van der Waals surface area contributed by atoms with Crippen molar-refractivity contribution in [2.45, 2.75) is 37.9 Å². The van der Waals surface area contributed by atoms with E-state index in [1.54, 1.807) is 0 Å². The van der Waals surface area contributed by atoms with Crippen molar-refractivity contribution in [1.29, 1.82) is 21.0 Å². The van der Waals surface area contributed by atoms with Gasteiger partial charge in [-0.25, -0.2) is 0 Å². The average molecular weight is 334 g/mol. The largest absolute Gasteiger partial charge is 0.378 e. The van der Waals surface area contributed by atoms with E-state index in [9.17, 15) is 0 Å². The molecular weight excluding hydrogens is 312 g/mol. The van der Waals surface area contributed by atoms with Gasteiger partial charge in [0.2, 0.25) is 0 Å². The molecule has 0 spiro atoms. The number of hydrogen-bond acceptors (Lipinski definition) is 8. The molecule has 0 heterocycles. The lowest BCUT2D eigenvalue weighted by atomic mass is 10.2. The van der Waals surface area contributed by atoms with Crippen molar-refractivity contribution in [2.75, 3.05) is 39.6 Å². The van der Waals surface area contributed by atoms with Gasteiger partial charge in [0.05, 0.1) is 89.6 Å². The van der Waals surface area contributed by atoms with Crippen molar-refractivity contribution in [1.82, 2.24) is 0 Å². The summed E-state index contributed by atoms with van der Waals surface area (Å²) in [6.07, 6.45) is 0.0207. The third-order valence-corrected chi connectivity index (χ3v) is 2.79. The summed E-state index contributed by atoms with van der Waals surface area (Å²) in [6.45, 7) is 1.36. The van der Waals surface area contributed by atoms with Crippen LogP contribution in [-0.2, 0) is 18.9 Å². The molecule has 0 radical (unpaired) electrons. The minimum absolute atomic E-state index is 0.186. The van der Waals surface area contributed by atoms with E-state index in [-0.39, 0.29) is 65.3 Å². The highest BCUT2D eigenvalue weighted by molar-refractivity contribution is 4.76. The number of nitriles is 4. The van der Waals surface area contributed by atoms with E-state index in [0.29, 0.717) is 0 Å². The Kier molecular flexibility index (Phi) is 15.6. The SMILES string of the molecule is N#CCCOC[C@@H](OCCC#N)[C@@H](COCCC#N)OCCC#N. The molecule has 8 heteroatoms. The van der Waals surface area contributed by atoms with E-state index < -0.39 is 12.2 Å². The summed E-state index contributed by atoms with van der Waals surface area (Å²) in [5.41, 5.74) is 0. The molecule has 8 nitrogen and oxygen atoms in total. The molecule has 0 rings (SSSR count). The van der Waals surface area contributed by atoms with E-state index in [0.717, 1.165) is 0 Å². The quantitative estimate of drug-likeness (QED) is 0.411. The summed E-state index contributed by atoms with van der Waals surface area (Å²) in [5.74, 6) is 0. The van der Waals surface area contributed by atoms with Crippen LogP contribution in [-0.4, -0.2) is 51.8 Å². The molecule has 0 fully saturated rings. The molecule has 0 saturated carbocycles. The first kappa shape index (κ1) is 21.8. The first-order chi connectivity index (χ1) is 11.8. The summed E-state index contributed by atoms with van der Waals surface area (Å²) < 4.78 is 22.1. The normalized spacial score (nSPS) is 12.3. The fourth-order valence-electron chi connectivity index (χ4n) is 1.67. The maximum atomic E-state index is 8.62. The summed E-state index contributed by atoms with van der Waals surface area (Å²) >= 11 is 0. The summed E-state index contributed by atoms with van der Waals surface area (Å²) in [5, 5.41) is 34.3. The maximum Gasteiger partial charge on any atom is 0.109 e. The standard InChI is InChI=1S/C16H22N4O4/c17-5-1-9-21-13-15(23-11-3-7-19)16(24-12-4-8-20)14-22-10-2-6-18/h15-16H,1-4,9-14H2/t15-,16-/m1/s1. The molecule has 24 heavy (non-hydrogen) atoms.